The van der Waals surface area contributed by atoms with Gasteiger partial charge in [0.15, 0.2) is 16.3 Å². The summed E-state index contributed by atoms with van der Waals surface area (Å²) in [6.45, 7) is 3.47. The van der Waals surface area contributed by atoms with Crippen LogP contribution in [0.5, 0.6) is 11.5 Å². The first kappa shape index (κ1) is 22.5. The highest BCUT2D eigenvalue weighted by molar-refractivity contribution is 7.16. The molecule has 0 bridgehead atoms. The molecule has 1 aromatic heterocycles. The zero-order chi connectivity index (χ0) is 22.4. The number of fused-ring (bicyclic) bond motifs is 1. The van der Waals surface area contributed by atoms with Crippen molar-refractivity contribution in [2.45, 2.75) is 13.5 Å². The molecule has 1 amide bonds. The van der Waals surface area contributed by atoms with Crippen LogP contribution in [0.25, 0.3) is 10.2 Å². The first-order valence-electron chi connectivity index (χ1n) is 9.63. The molecule has 0 aliphatic rings. The fourth-order valence-corrected chi connectivity index (χ4v) is 4.22. The number of hydrogen-bond donors (Lipinski definition) is 0. The second-order valence-electron chi connectivity index (χ2n) is 6.37. The molecule has 31 heavy (non-hydrogen) atoms. The molecule has 0 spiro atoms. The third-order valence-corrected chi connectivity index (χ3v) is 5.64. The van der Waals surface area contributed by atoms with Crippen molar-refractivity contribution in [1.29, 1.82) is 0 Å². The van der Waals surface area contributed by atoms with E-state index >= 15 is 0 Å². The lowest BCUT2D eigenvalue weighted by molar-refractivity contribution is 0.0600. The molecule has 0 saturated carbocycles. The molecular formula is C22H24N2O6S. The maximum Gasteiger partial charge on any atom is 0.337 e. The first-order valence-corrected chi connectivity index (χ1v) is 10.4. The van der Waals surface area contributed by atoms with Crippen LogP contribution in [-0.4, -0.2) is 51.0 Å². The van der Waals surface area contributed by atoms with Crippen molar-refractivity contribution < 1.29 is 28.5 Å². The average molecular weight is 445 g/mol. The minimum Gasteiger partial charge on any atom is -0.493 e. The zero-order valence-electron chi connectivity index (χ0n) is 17.8. The molecule has 164 valence electrons. The Morgan fingerprint density at radius 1 is 1.10 bits per heavy atom. The number of esters is 1. The molecular weight excluding hydrogens is 420 g/mol. The Hall–Kier alpha value is -3.17. The van der Waals surface area contributed by atoms with Crippen LogP contribution in [0.15, 0.2) is 41.4 Å². The molecule has 0 aliphatic heterocycles. The average Bonchev–Trinajstić information content (AvgIpc) is 3.13. The summed E-state index contributed by atoms with van der Waals surface area (Å²) in [7, 11) is 4.32. The standard InChI is InChI=1S/C22H24N2O6S/c1-5-30-12-11-24-16-10-9-14(21(26)29-4)13-18(16)31-22(24)23-20(25)15-7-6-8-17(27-2)19(15)28-3/h6-10,13H,5,11-12H2,1-4H3. The van der Waals surface area contributed by atoms with Crippen molar-refractivity contribution in [1.82, 2.24) is 4.57 Å². The molecule has 0 unspecified atom stereocenters. The Balaban J connectivity index is 2.13. The normalized spacial score (nSPS) is 11.5. The van der Waals surface area contributed by atoms with E-state index in [2.05, 4.69) is 4.99 Å². The summed E-state index contributed by atoms with van der Waals surface area (Å²) in [5.74, 6) is -0.104. The number of hydrogen-bond acceptors (Lipinski definition) is 7. The number of thiazole rings is 1. The van der Waals surface area contributed by atoms with Gasteiger partial charge < -0.3 is 23.5 Å². The lowest BCUT2D eigenvalue weighted by Crippen LogP contribution is -2.20. The van der Waals surface area contributed by atoms with E-state index in [0.29, 0.717) is 47.2 Å². The van der Waals surface area contributed by atoms with Crippen molar-refractivity contribution in [2.75, 3.05) is 34.5 Å². The van der Waals surface area contributed by atoms with E-state index in [1.807, 2.05) is 17.6 Å². The van der Waals surface area contributed by atoms with Crippen LogP contribution < -0.4 is 14.3 Å². The molecule has 8 nitrogen and oxygen atoms in total. The van der Waals surface area contributed by atoms with Crippen molar-refractivity contribution in [3.05, 3.63) is 52.3 Å². The number of benzene rings is 2. The lowest BCUT2D eigenvalue weighted by atomic mass is 10.2. The Morgan fingerprint density at radius 3 is 2.58 bits per heavy atom. The van der Waals surface area contributed by atoms with Gasteiger partial charge in [0.25, 0.3) is 5.91 Å². The number of ether oxygens (including phenoxy) is 4. The van der Waals surface area contributed by atoms with Gasteiger partial charge in [0.2, 0.25) is 0 Å². The van der Waals surface area contributed by atoms with Gasteiger partial charge in [-0.3, -0.25) is 4.79 Å². The summed E-state index contributed by atoms with van der Waals surface area (Å²) in [6, 6.07) is 10.3. The van der Waals surface area contributed by atoms with Crippen molar-refractivity contribution >= 4 is 33.4 Å². The Morgan fingerprint density at radius 2 is 1.90 bits per heavy atom. The van der Waals surface area contributed by atoms with Crippen LogP contribution in [0.1, 0.15) is 27.6 Å². The molecule has 0 aliphatic carbocycles. The Bertz CT molecular complexity index is 1160. The number of carbonyl (C=O) groups is 2. The van der Waals surface area contributed by atoms with Gasteiger partial charge in [0.1, 0.15) is 0 Å². The molecule has 0 atom stereocenters. The highest BCUT2D eigenvalue weighted by Gasteiger charge is 2.17. The topological polar surface area (TPSA) is 88.4 Å². The number of nitrogens with zero attached hydrogens (tertiary/aromatic N) is 2. The molecule has 1 heterocycles. The van der Waals surface area contributed by atoms with E-state index in [1.165, 1.54) is 32.7 Å². The van der Waals surface area contributed by atoms with E-state index < -0.39 is 11.9 Å². The molecule has 3 rings (SSSR count). The van der Waals surface area contributed by atoms with Crippen LogP contribution in [0.2, 0.25) is 0 Å². The van der Waals surface area contributed by atoms with E-state index in [-0.39, 0.29) is 0 Å². The largest absolute Gasteiger partial charge is 0.493 e. The zero-order valence-corrected chi connectivity index (χ0v) is 18.7. The number of aromatic nitrogens is 1. The highest BCUT2D eigenvalue weighted by atomic mass is 32.1. The summed E-state index contributed by atoms with van der Waals surface area (Å²) < 4.78 is 23.7. The predicted molar refractivity (Wildman–Crippen MR) is 117 cm³/mol. The molecule has 0 saturated heterocycles. The monoisotopic (exact) mass is 444 g/mol. The van der Waals surface area contributed by atoms with E-state index in [0.717, 1.165) is 10.2 Å². The van der Waals surface area contributed by atoms with Gasteiger partial charge in [-0.25, -0.2) is 4.79 Å². The summed E-state index contributed by atoms with van der Waals surface area (Å²) in [5, 5.41) is 0. The minimum absolute atomic E-state index is 0.297. The second kappa shape index (κ2) is 10.2. The van der Waals surface area contributed by atoms with E-state index in [9.17, 15) is 9.59 Å². The molecule has 2 aromatic carbocycles. The smallest absolute Gasteiger partial charge is 0.337 e. The number of amides is 1. The van der Waals surface area contributed by atoms with Crippen LogP contribution in [0.4, 0.5) is 0 Å². The van der Waals surface area contributed by atoms with Gasteiger partial charge in [-0.05, 0) is 37.3 Å². The van der Waals surface area contributed by atoms with Crippen molar-refractivity contribution in [2.24, 2.45) is 4.99 Å². The molecule has 3 aromatic rings. The van der Waals surface area contributed by atoms with Gasteiger partial charge in [0.05, 0.1) is 49.3 Å². The highest BCUT2D eigenvalue weighted by Crippen LogP contribution is 2.31. The summed E-state index contributed by atoms with van der Waals surface area (Å²) >= 11 is 1.31. The first-order chi connectivity index (χ1) is 15.0. The number of methoxy groups -OCH3 is 3. The van der Waals surface area contributed by atoms with Gasteiger partial charge in [-0.2, -0.15) is 4.99 Å². The van der Waals surface area contributed by atoms with Crippen molar-refractivity contribution in [3.63, 3.8) is 0 Å². The van der Waals surface area contributed by atoms with Crippen LogP contribution in [0, 0.1) is 0 Å². The minimum atomic E-state index is -0.458. The van der Waals surface area contributed by atoms with Gasteiger partial charge >= 0.3 is 5.97 Å². The van der Waals surface area contributed by atoms with Crippen LogP contribution >= 0.6 is 11.3 Å². The van der Waals surface area contributed by atoms with E-state index in [1.54, 1.807) is 30.3 Å². The van der Waals surface area contributed by atoms with Gasteiger partial charge in [-0.1, -0.05) is 17.4 Å². The third kappa shape index (κ3) is 4.78. The van der Waals surface area contributed by atoms with Gasteiger partial charge in [-0.15, -0.1) is 0 Å². The molecule has 0 N–H and O–H groups in total. The number of carbonyl (C=O) groups excluding carboxylic acids is 2. The summed E-state index contributed by atoms with van der Waals surface area (Å²) in [4.78, 5) is 29.8. The van der Waals surface area contributed by atoms with Crippen LogP contribution in [-0.2, 0) is 16.0 Å². The van der Waals surface area contributed by atoms with E-state index in [4.69, 9.17) is 18.9 Å². The molecule has 0 fully saturated rings. The maximum absolute atomic E-state index is 13.0. The summed E-state index contributed by atoms with van der Waals surface area (Å²) in [5.41, 5.74) is 1.58. The quantitative estimate of drug-likeness (QED) is 0.391. The SMILES string of the molecule is CCOCCn1c(=NC(=O)c2cccc(OC)c2OC)sc2cc(C(=O)OC)ccc21. The Kier molecular flexibility index (Phi) is 7.43. The van der Waals surface area contributed by atoms with Crippen LogP contribution in [0.3, 0.4) is 0 Å². The summed E-state index contributed by atoms with van der Waals surface area (Å²) in [6.07, 6.45) is 0. The molecule has 0 radical (unpaired) electrons. The lowest BCUT2D eigenvalue weighted by Gasteiger charge is -2.10. The predicted octanol–water partition coefficient (Wildman–Crippen LogP) is 3.28. The second-order valence-corrected chi connectivity index (χ2v) is 7.37. The number of para-hydroxylation sites is 1. The fourth-order valence-electron chi connectivity index (χ4n) is 3.12. The molecule has 9 heteroatoms. The Labute approximate surface area is 183 Å². The number of rotatable bonds is 8. The maximum atomic E-state index is 13.0. The van der Waals surface area contributed by atoms with Crippen molar-refractivity contribution in [3.8, 4) is 11.5 Å². The fraction of sp³-hybridized carbons (Fsp3) is 0.318. The van der Waals surface area contributed by atoms with Gasteiger partial charge in [0, 0.05) is 13.2 Å². The third-order valence-electron chi connectivity index (χ3n) is 4.60.